The summed E-state index contributed by atoms with van der Waals surface area (Å²) in [5.74, 6) is 0. The molecule has 1 aromatic heterocycles. The van der Waals surface area contributed by atoms with E-state index in [9.17, 15) is 5.11 Å². The van der Waals surface area contributed by atoms with E-state index in [4.69, 9.17) is 5.73 Å². The molecule has 0 unspecified atom stereocenters. The summed E-state index contributed by atoms with van der Waals surface area (Å²) in [6.07, 6.45) is 1.23. The van der Waals surface area contributed by atoms with Crippen LogP contribution >= 0.6 is 0 Å². The summed E-state index contributed by atoms with van der Waals surface area (Å²) < 4.78 is 0. The second-order valence-electron chi connectivity index (χ2n) is 3.04. The van der Waals surface area contributed by atoms with Gasteiger partial charge in [-0.2, -0.15) is 0 Å². The Morgan fingerprint density at radius 1 is 1.38 bits per heavy atom. The Morgan fingerprint density at radius 2 is 2.15 bits per heavy atom. The number of fused-ring (bicyclic) bond motifs is 1. The molecule has 3 nitrogen and oxygen atoms in total. The first-order valence-corrected chi connectivity index (χ1v) is 4.27. The highest BCUT2D eigenvalue weighted by Crippen LogP contribution is 2.22. The molecule has 0 saturated heterocycles. The SMILES string of the molecule is NC[C@@H](O)c1c[nH]c2ccccc12. The van der Waals surface area contributed by atoms with E-state index in [0.717, 1.165) is 16.5 Å². The molecule has 0 radical (unpaired) electrons. The number of nitrogens with one attached hydrogen (secondary N) is 1. The minimum absolute atomic E-state index is 0.252. The number of hydrogen-bond acceptors (Lipinski definition) is 2. The van der Waals surface area contributed by atoms with Crippen LogP contribution in [-0.4, -0.2) is 16.6 Å². The smallest absolute Gasteiger partial charge is 0.0932 e. The van der Waals surface area contributed by atoms with Crippen molar-refractivity contribution in [1.82, 2.24) is 4.98 Å². The van der Waals surface area contributed by atoms with Gasteiger partial charge in [0.2, 0.25) is 0 Å². The highest BCUT2D eigenvalue weighted by molar-refractivity contribution is 5.83. The fourth-order valence-electron chi connectivity index (χ4n) is 1.50. The van der Waals surface area contributed by atoms with Gasteiger partial charge in [-0.3, -0.25) is 0 Å². The molecule has 0 fully saturated rings. The van der Waals surface area contributed by atoms with Crippen molar-refractivity contribution in [3.05, 3.63) is 36.0 Å². The van der Waals surface area contributed by atoms with E-state index in [0.29, 0.717) is 0 Å². The zero-order valence-corrected chi connectivity index (χ0v) is 7.20. The minimum atomic E-state index is -0.573. The average Bonchev–Trinajstić information content (AvgIpc) is 2.60. The van der Waals surface area contributed by atoms with Gasteiger partial charge in [0, 0.05) is 29.2 Å². The van der Waals surface area contributed by atoms with Crippen molar-refractivity contribution in [2.24, 2.45) is 5.73 Å². The third kappa shape index (κ3) is 1.32. The lowest BCUT2D eigenvalue weighted by Gasteiger charge is -2.04. The van der Waals surface area contributed by atoms with Gasteiger partial charge in [0.1, 0.15) is 0 Å². The highest BCUT2D eigenvalue weighted by atomic mass is 16.3. The second kappa shape index (κ2) is 3.20. The van der Waals surface area contributed by atoms with E-state index in [1.165, 1.54) is 0 Å². The average molecular weight is 176 g/mol. The summed E-state index contributed by atoms with van der Waals surface area (Å²) in [6.45, 7) is 0.252. The number of H-pyrrole nitrogens is 1. The zero-order valence-electron chi connectivity index (χ0n) is 7.20. The number of benzene rings is 1. The van der Waals surface area contributed by atoms with Crippen LogP contribution in [0.5, 0.6) is 0 Å². The molecule has 4 N–H and O–H groups in total. The number of aromatic amines is 1. The molecule has 13 heavy (non-hydrogen) atoms. The van der Waals surface area contributed by atoms with Crippen molar-refractivity contribution < 1.29 is 5.11 Å². The molecule has 68 valence electrons. The fourth-order valence-corrected chi connectivity index (χ4v) is 1.50. The molecule has 1 aromatic carbocycles. The van der Waals surface area contributed by atoms with Gasteiger partial charge in [-0.05, 0) is 6.07 Å². The van der Waals surface area contributed by atoms with E-state index in [-0.39, 0.29) is 6.54 Å². The minimum Gasteiger partial charge on any atom is -0.387 e. The number of aliphatic hydroxyl groups is 1. The van der Waals surface area contributed by atoms with Gasteiger partial charge in [0.15, 0.2) is 0 Å². The Labute approximate surface area is 76.2 Å². The quantitative estimate of drug-likeness (QED) is 0.643. The molecule has 0 amide bonds. The van der Waals surface area contributed by atoms with Gasteiger partial charge in [-0.1, -0.05) is 18.2 Å². The third-order valence-electron chi connectivity index (χ3n) is 2.20. The fraction of sp³-hybridized carbons (Fsp3) is 0.200. The first-order chi connectivity index (χ1) is 6.33. The van der Waals surface area contributed by atoms with Gasteiger partial charge < -0.3 is 15.8 Å². The summed E-state index contributed by atoms with van der Waals surface area (Å²) in [5.41, 5.74) is 7.30. The summed E-state index contributed by atoms with van der Waals surface area (Å²) in [6, 6.07) is 7.85. The molecule has 0 bridgehead atoms. The number of para-hydroxylation sites is 1. The van der Waals surface area contributed by atoms with E-state index in [2.05, 4.69) is 4.98 Å². The number of aromatic nitrogens is 1. The first kappa shape index (κ1) is 8.29. The van der Waals surface area contributed by atoms with Crippen molar-refractivity contribution >= 4 is 10.9 Å². The Kier molecular flexibility index (Phi) is 2.04. The van der Waals surface area contributed by atoms with E-state index in [1.807, 2.05) is 30.5 Å². The molecule has 0 aliphatic carbocycles. The van der Waals surface area contributed by atoms with Crippen LogP contribution in [0.15, 0.2) is 30.5 Å². The van der Waals surface area contributed by atoms with Crippen LogP contribution in [0, 0.1) is 0 Å². The second-order valence-corrected chi connectivity index (χ2v) is 3.04. The third-order valence-corrected chi connectivity index (χ3v) is 2.20. The molecule has 2 rings (SSSR count). The van der Waals surface area contributed by atoms with Crippen LogP contribution in [0.1, 0.15) is 11.7 Å². The van der Waals surface area contributed by atoms with Crippen LogP contribution in [-0.2, 0) is 0 Å². The topological polar surface area (TPSA) is 62.0 Å². The summed E-state index contributed by atoms with van der Waals surface area (Å²) in [7, 11) is 0. The molecule has 3 heteroatoms. The Bertz CT molecular complexity index is 408. The molecule has 1 atom stereocenters. The summed E-state index contributed by atoms with van der Waals surface area (Å²) in [4.78, 5) is 3.09. The van der Waals surface area contributed by atoms with Crippen molar-refractivity contribution in [2.75, 3.05) is 6.54 Å². The van der Waals surface area contributed by atoms with Gasteiger partial charge in [-0.25, -0.2) is 0 Å². The predicted octanol–water partition coefficient (Wildman–Crippen LogP) is 1.16. The molecule has 0 spiro atoms. The molecule has 0 saturated carbocycles. The number of rotatable bonds is 2. The first-order valence-electron chi connectivity index (χ1n) is 4.27. The van der Waals surface area contributed by atoms with E-state index in [1.54, 1.807) is 0 Å². The van der Waals surface area contributed by atoms with E-state index >= 15 is 0 Å². The van der Waals surface area contributed by atoms with Crippen molar-refractivity contribution in [3.63, 3.8) is 0 Å². The highest BCUT2D eigenvalue weighted by Gasteiger charge is 2.09. The number of hydrogen-bond donors (Lipinski definition) is 3. The number of aliphatic hydroxyl groups excluding tert-OH is 1. The number of nitrogens with two attached hydrogens (primary N) is 1. The Morgan fingerprint density at radius 3 is 2.92 bits per heavy atom. The monoisotopic (exact) mass is 176 g/mol. The maximum Gasteiger partial charge on any atom is 0.0932 e. The lowest BCUT2D eigenvalue weighted by molar-refractivity contribution is 0.188. The van der Waals surface area contributed by atoms with Gasteiger partial charge >= 0.3 is 0 Å². The predicted molar refractivity (Wildman–Crippen MR) is 52.3 cm³/mol. The van der Waals surface area contributed by atoms with Crippen LogP contribution in [0.25, 0.3) is 10.9 Å². The lowest BCUT2D eigenvalue weighted by atomic mass is 10.1. The maximum absolute atomic E-state index is 9.57. The zero-order chi connectivity index (χ0) is 9.26. The summed E-state index contributed by atoms with van der Waals surface area (Å²) in [5, 5.41) is 10.6. The van der Waals surface area contributed by atoms with Crippen LogP contribution in [0.2, 0.25) is 0 Å². The standard InChI is InChI=1S/C10H12N2O/c11-5-10(13)8-6-12-9-4-2-1-3-7(8)9/h1-4,6,10,12-13H,5,11H2/t10-/m1/s1. The van der Waals surface area contributed by atoms with Crippen LogP contribution < -0.4 is 5.73 Å². The molecular formula is C10H12N2O. The lowest BCUT2D eigenvalue weighted by Crippen LogP contribution is -2.10. The van der Waals surface area contributed by atoms with Gasteiger partial charge in [0.05, 0.1) is 6.10 Å². The molecule has 1 heterocycles. The van der Waals surface area contributed by atoms with Crippen LogP contribution in [0.4, 0.5) is 0 Å². The molecular weight excluding hydrogens is 164 g/mol. The molecule has 0 aliphatic rings. The molecule has 0 aliphatic heterocycles. The Balaban J connectivity index is 2.57. The van der Waals surface area contributed by atoms with Crippen molar-refractivity contribution in [1.29, 1.82) is 0 Å². The van der Waals surface area contributed by atoms with Crippen LogP contribution in [0.3, 0.4) is 0 Å². The van der Waals surface area contributed by atoms with E-state index < -0.39 is 6.10 Å². The maximum atomic E-state index is 9.57. The van der Waals surface area contributed by atoms with Crippen molar-refractivity contribution in [3.8, 4) is 0 Å². The Hall–Kier alpha value is -1.32. The van der Waals surface area contributed by atoms with Gasteiger partial charge in [-0.15, -0.1) is 0 Å². The normalized spacial score (nSPS) is 13.4. The molecule has 2 aromatic rings. The summed E-state index contributed by atoms with van der Waals surface area (Å²) >= 11 is 0. The van der Waals surface area contributed by atoms with Crippen molar-refractivity contribution in [2.45, 2.75) is 6.10 Å². The largest absolute Gasteiger partial charge is 0.387 e. The van der Waals surface area contributed by atoms with Gasteiger partial charge in [0.25, 0.3) is 0 Å².